The van der Waals surface area contributed by atoms with E-state index in [1.54, 1.807) is 14.0 Å². The highest BCUT2D eigenvalue weighted by Crippen LogP contribution is 2.18. The molecule has 1 aromatic carbocycles. The third-order valence-electron chi connectivity index (χ3n) is 2.49. The Morgan fingerprint density at radius 3 is 2.78 bits per heavy atom. The summed E-state index contributed by atoms with van der Waals surface area (Å²) in [6, 6.07) is 3.50. The van der Waals surface area contributed by atoms with Gasteiger partial charge in [0.2, 0.25) is 0 Å². The van der Waals surface area contributed by atoms with Crippen LogP contribution in [-0.2, 0) is 15.5 Å². The Morgan fingerprint density at radius 1 is 1.56 bits per heavy atom. The molecule has 0 saturated carbocycles. The summed E-state index contributed by atoms with van der Waals surface area (Å²) in [6.45, 7) is 2.25. The number of aromatic carboxylic acids is 1. The van der Waals surface area contributed by atoms with Crippen LogP contribution in [0.3, 0.4) is 0 Å². The Kier molecular flexibility index (Phi) is 5.43. The van der Waals surface area contributed by atoms with Gasteiger partial charge in [0.1, 0.15) is 5.82 Å². The van der Waals surface area contributed by atoms with Crippen LogP contribution in [0, 0.1) is 5.82 Å². The van der Waals surface area contributed by atoms with E-state index >= 15 is 0 Å². The Labute approximate surface area is 107 Å². The third-order valence-corrected chi connectivity index (χ3v) is 4.18. The van der Waals surface area contributed by atoms with E-state index in [9.17, 15) is 13.4 Å². The summed E-state index contributed by atoms with van der Waals surface area (Å²) in [7, 11) is 0.177. The number of carboxylic acid groups (broad SMARTS) is 1. The maximum Gasteiger partial charge on any atom is 0.338 e. The second-order valence-corrected chi connectivity index (χ2v) is 5.71. The van der Waals surface area contributed by atoms with Gasteiger partial charge in [-0.05, 0) is 24.6 Å². The fourth-order valence-corrected chi connectivity index (χ4v) is 2.63. The molecule has 0 aliphatic rings. The number of hydrogen-bond donors (Lipinski definition) is 1. The first-order valence-corrected chi connectivity index (χ1v) is 6.61. The largest absolute Gasteiger partial charge is 0.478 e. The lowest BCUT2D eigenvalue weighted by Gasteiger charge is -2.11. The van der Waals surface area contributed by atoms with Gasteiger partial charge in [-0.1, -0.05) is 6.92 Å². The van der Waals surface area contributed by atoms with E-state index < -0.39 is 28.1 Å². The summed E-state index contributed by atoms with van der Waals surface area (Å²) in [6.07, 6.45) is 0.586. The highest BCUT2D eigenvalue weighted by atomic mass is 32.2. The monoisotopic (exact) mass is 274 g/mol. The van der Waals surface area contributed by atoms with Gasteiger partial charge in [-0.15, -0.1) is 0 Å². The first kappa shape index (κ1) is 14.8. The SMILES string of the molecule is COCCC(C)S(=O)c1ccc(F)c(C(=O)O)c1. The standard InChI is InChI=1S/C12H15FO4S/c1-8(5-6-17-2)18(16)9-3-4-11(13)10(7-9)12(14)15/h3-4,7-8H,5-6H2,1-2H3,(H,14,15). The van der Waals surface area contributed by atoms with Crippen LogP contribution < -0.4 is 0 Å². The third kappa shape index (κ3) is 3.61. The number of carbonyl (C=O) groups is 1. The number of hydrogen-bond acceptors (Lipinski definition) is 3. The molecule has 1 aromatic rings. The Hall–Kier alpha value is -1.27. The van der Waals surface area contributed by atoms with Crippen molar-refractivity contribution < 1.29 is 23.2 Å². The molecule has 4 nitrogen and oxygen atoms in total. The molecule has 0 spiro atoms. The summed E-state index contributed by atoms with van der Waals surface area (Å²) in [4.78, 5) is 11.1. The van der Waals surface area contributed by atoms with E-state index in [1.165, 1.54) is 6.07 Å². The first-order chi connectivity index (χ1) is 8.47. The molecular weight excluding hydrogens is 259 g/mol. The van der Waals surface area contributed by atoms with Crippen molar-refractivity contribution in [2.24, 2.45) is 0 Å². The number of ether oxygens (including phenoxy) is 1. The van der Waals surface area contributed by atoms with Crippen LogP contribution >= 0.6 is 0 Å². The minimum atomic E-state index is -1.37. The maximum atomic E-state index is 13.2. The summed E-state index contributed by atoms with van der Waals surface area (Å²) in [5, 5.41) is 8.61. The van der Waals surface area contributed by atoms with Crippen LogP contribution in [-0.4, -0.2) is 34.3 Å². The molecule has 0 fully saturated rings. The van der Waals surface area contributed by atoms with Crippen molar-refractivity contribution in [2.45, 2.75) is 23.5 Å². The zero-order chi connectivity index (χ0) is 13.7. The molecule has 0 amide bonds. The molecule has 0 aliphatic heterocycles. The molecule has 100 valence electrons. The average molecular weight is 274 g/mol. The van der Waals surface area contributed by atoms with Crippen LogP contribution in [0.15, 0.2) is 23.1 Å². The summed E-state index contributed by atoms with van der Waals surface area (Å²) >= 11 is 0. The van der Waals surface area contributed by atoms with Crippen molar-refractivity contribution in [1.82, 2.24) is 0 Å². The van der Waals surface area contributed by atoms with E-state index in [0.717, 1.165) is 12.1 Å². The first-order valence-electron chi connectivity index (χ1n) is 5.39. The second kappa shape index (κ2) is 6.61. The molecule has 6 heteroatoms. The van der Waals surface area contributed by atoms with Crippen molar-refractivity contribution in [3.05, 3.63) is 29.6 Å². The smallest absolute Gasteiger partial charge is 0.338 e. The van der Waals surface area contributed by atoms with Crippen molar-refractivity contribution in [2.75, 3.05) is 13.7 Å². The van der Waals surface area contributed by atoms with Crippen LogP contribution in [0.2, 0.25) is 0 Å². The van der Waals surface area contributed by atoms with E-state index in [0.29, 0.717) is 17.9 Å². The van der Waals surface area contributed by atoms with Gasteiger partial charge in [0, 0.05) is 23.9 Å². The highest BCUT2D eigenvalue weighted by molar-refractivity contribution is 7.85. The molecule has 1 N–H and O–H groups in total. The number of halogens is 1. The normalized spacial score (nSPS) is 14.2. The fourth-order valence-electron chi connectivity index (χ4n) is 1.42. The molecule has 1 rings (SSSR count). The fraction of sp³-hybridized carbons (Fsp3) is 0.417. The van der Waals surface area contributed by atoms with Gasteiger partial charge < -0.3 is 9.84 Å². The molecule has 0 bridgehead atoms. The zero-order valence-electron chi connectivity index (χ0n) is 10.2. The van der Waals surface area contributed by atoms with Crippen LogP contribution in [0.5, 0.6) is 0 Å². The van der Waals surface area contributed by atoms with Crippen LogP contribution in [0.1, 0.15) is 23.7 Å². The zero-order valence-corrected chi connectivity index (χ0v) is 11.0. The lowest BCUT2D eigenvalue weighted by atomic mass is 10.2. The van der Waals surface area contributed by atoms with Gasteiger partial charge in [-0.25, -0.2) is 9.18 Å². The van der Waals surface area contributed by atoms with Crippen LogP contribution in [0.4, 0.5) is 4.39 Å². The molecule has 2 unspecified atom stereocenters. The Balaban J connectivity index is 2.93. The number of benzene rings is 1. The van der Waals surface area contributed by atoms with Gasteiger partial charge in [-0.2, -0.15) is 0 Å². The van der Waals surface area contributed by atoms with Crippen molar-refractivity contribution in [3.8, 4) is 0 Å². The Morgan fingerprint density at radius 2 is 2.22 bits per heavy atom. The summed E-state index contributed by atoms with van der Waals surface area (Å²) < 4.78 is 30.2. The van der Waals surface area contributed by atoms with Gasteiger partial charge in [-0.3, -0.25) is 4.21 Å². The predicted octanol–water partition coefficient (Wildman–Crippen LogP) is 2.06. The van der Waals surface area contributed by atoms with E-state index in [4.69, 9.17) is 9.84 Å². The van der Waals surface area contributed by atoms with Gasteiger partial charge >= 0.3 is 5.97 Å². The van der Waals surface area contributed by atoms with Crippen molar-refractivity contribution in [3.63, 3.8) is 0 Å². The summed E-state index contributed by atoms with van der Waals surface area (Å²) in [5.41, 5.74) is -0.459. The van der Waals surface area contributed by atoms with E-state index in [1.807, 2.05) is 0 Å². The lowest BCUT2D eigenvalue weighted by Crippen LogP contribution is -2.14. The maximum absolute atomic E-state index is 13.2. The molecule has 0 heterocycles. The van der Waals surface area contributed by atoms with Gasteiger partial charge in [0.15, 0.2) is 0 Å². The van der Waals surface area contributed by atoms with Gasteiger partial charge in [0.05, 0.1) is 16.4 Å². The van der Waals surface area contributed by atoms with Crippen molar-refractivity contribution >= 4 is 16.8 Å². The molecule has 0 aliphatic carbocycles. The lowest BCUT2D eigenvalue weighted by molar-refractivity contribution is 0.0691. The van der Waals surface area contributed by atoms with E-state index in [2.05, 4.69) is 0 Å². The molecular formula is C12H15FO4S. The molecule has 2 atom stereocenters. The van der Waals surface area contributed by atoms with Gasteiger partial charge in [0.25, 0.3) is 0 Å². The highest BCUT2D eigenvalue weighted by Gasteiger charge is 2.17. The molecule has 0 saturated heterocycles. The number of methoxy groups -OCH3 is 1. The second-order valence-electron chi connectivity index (χ2n) is 3.84. The topological polar surface area (TPSA) is 63.6 Å². The Bertz CT molecular complexity index is 461. The van der Waals surface area contributed by atoms with Crippen molar-refractivity contribution in [1.29, 1.82) is 0 Å². The minimum Gasteiger partial charge on any atom is -0.478 e. The molecule has 18 heavy (non-hydrogen) atoms. The quantitative estimate of drug-likeness (QED) is 0.862. The number of carboxylic acids is 1. The van der Waals surface area contributed by atoms with E-state index in [-0.39, 0.29) is 5.25 Å². The van der Waals surface area contributed by atoms with Crippen LogP contribution in [0.25, 0.3) is 0 Å². The molecule has 0 aromatic heterocycles. The minimum absolute atomic E-state index is 0.183. The number of rotatable bonds is 6. The molecule has 0 radical (unpaired) electrons. The summed E-state index contributed by atoms with van der Waals surface area (Å²) in [5.74, 6) is -2.19. The average Bonchev–Trinajstić information content (AvgIpc) is 2.35. The predicted molar refractivity (Wildman–Crippen MR) is 65.7 cm³/mol.